The number of anilines is 1. The third kappa shape index (κ3) is 4.21. The van der Waals surface area contributed by atoms with Crippen LogP contribution in [0.4, 0.5) is 10.1 Å². The van der Waals surface area contributed by atoms with Gasteiger partial charge in [0.25, 0.3) is 0 Å². The molecule has 134 valence electrons. The number of carbonyl (C=O) groups is 1. The third-order valence-electron chi connectivity index (χ3n) is 4.36. The standard InChI is InChI=1S/C21H20ClFN2O/c1-13(16-8-7-15-5-3-4-6-17(15)11-16)24-14(2)21(26)25-20-10-9-18(23)12-19(20)22/h3-14,24H,1-2H3,(H,25,26)/t13-,14+/m0/s1. The molecule has 0 fully saturated rings. The van der Waals surface area contributed by atoms with Crippen molar-refractivity contribution in [2.75, 3.05) is 5.32 Å². The molecule has 0 radical (unpaired) electrons. The van der Waals surface area contributed by atoms with E-state index in [4.69, 9.17) is 11.6 Å². The fraction of sp³-hybridized carbons (Fsp3) is 0.190. The predicted octanol–water partition coefficient (Wildman–Crippen LogP) is 5.31. The minimum absolute atomic E-state index is 0.0101. The SMILES string of the molecule is C[C@H](N[C@H](C)C(=O)Nc1ccc(F)cc1Cl)c1ccc2ccccc2c1. The predicted molar refractivity (Wildman–Crippen MR) is 105 cm³/mol. The Bertz CT molecular complexity index is 944. The second-order valence-electron chi connectivity index (χ2n) is 6.33. The number of amides is 1. The van der Waals surface area contributed by atoms with Crippen molar-refractivity contribution in [3.8, 4) is 0 Å². The van der Waals surface area contributed by atoms with Gasteiger partial charge in [0.05, 0.1) is 16.8 Å². The van der Waals surface area contributed by atoms with Gasteiger partial charge in [0, 0.05) is 6.04 Å². The average Bonchev–Trinajstić information content (AvgIpc) is 2.63. The summed E-state index contributed by atoms with van der Waals surface area (Å²) in [5.41, 5.74) is 1.49. The van der Waals surface area contributed by atoms with Crippen molar-refractivity contribution in [1.29, 1.82) is 0 Å². The molecule has 0 bridgehead atoms. The quantitative estimate of drug-likeness (QED) is 0.639. The summed E-state index contributed by atoms with van der Waals surface area (Å²) in [4.78, 5) is 12.4. The average molecular weight is 371 g/mol. The van der Waals surface area contributed by atoms with Crippen LogP contribution in [0.25, 0.3) is 10.8 Å². The van der Waals surface area contributed by atoms with Gasteiger partial charge >= 0.3 is 0 Å². The van der Waals surface area contributed by atoms with Crippen LogP contribution >= 0.6 is 11.6 Å². The Hall–Kier alpha value is -2.43. The third-order valence-corrected chi connectivity index (χ3v) is 4.67. The monoisotopic (exact) mass is 370 g/mol. The molecule has 3 rings (SSSR count). The second-order valence-corrected chi connectivity index (χ2v) is 6.74. The van der Waals surface area contributed by atoms with Crippen molar-refractivity contribution in [1.82, 2.24) is 5.32 Å². The summed E-state index contributed by atoms with van der Waals surface area (Å²) >= 11 is 5.96. The molecule has 2 atom stereocenters. The maximum Gasteiger partial charge on any atom is 0.241 e. The van der Waals surface area contributed by atoms with Crippen LogP contribution in [0.5, 0.6) is 0 Å². The molecule has 0 aliphatic carbocycles. The normalized spacial score (nSPS) is 13.4. The number of fused-ring (bicyclic) bond motifs is 1. The van der Waals surface area contributed by atoms with Gasteiger partial charge < -0.3 is 5.32 Å². The van der Waals surface area contributed by atoms with E-state index < -0.39 is 11.9 Å². The lowest BCUT2D eigenvalue weighted by Gasteiger charge is -2.20. The van der Waals surface area contributed by atoms with Gasteiger partial charge in [-0.3, -0.25) is 10.1 Å². The molecule has 26 heavy (non-hydrogen) atoms. The molecule has 0 heterocycles. The highest BCUT2D eigenvalue weighted by atomic mass is 35.5. The van der Waals surface area contributed by atoms with E-state index in [1.54, 1.807) is 6.92 Å². The van der Waals surface area contributed by atoms with Gasteiger partial charge in [-0.05, 0) is 54.4 Å². The lowest BCUT2D eigenvalue weighted by molar-refractivity contribution is -0.117. The summed E-state index contributed by atoms with van der Waals surface area (Å²) in [6.07, 6.45) is 0. The first-order valence-electron chi connectivity index (χ1n) is 8.44. The van der Waals surface area contributed by atoms with Crippen LogP contribution < -0.4 is 10.6 Å². The van der Waals surface area contributed by atoms with Gasteiger partial charge in [-0.2, -0.15) is 0 Å². The van der Waals surface area contributed by atoms with Gasteiger partial charge in [-0.15, -0.1) is 0 Å². The molecule has 0 unspecified atom stereocenters. The van der Waals surface area contributed by atoms with E-state index in [9.17, 15) is 9.18 Å². The van der Waals surface area contributed by atoms with E-state index in [0.717, 1.165) is 10.9 Å². The fourth-order valence-electron chi connectivity index (χ4n) is 2.86. The maximum absolute atomic E-state index is 13.1. The van der Waals surface area contributed by atoms with E-state index in [2.05, 4.69) is 41.0 Å². The number of benzene rings is 3. The van der Waals surface area contributed by atoms with Crippen molar-refractivity contribution in [3.05, 3.63) is 77.1 Å². The van der Waals surface area contributed by atoms with Crippen molar-refractivity contribution < 1.29 is 9.18 Å². The Balaban J connectivity index is 1.67. The summed E-state index contributed by atoms with van der Waals surface area (Å²) in [6.45, 7) is 3.79. The molecule has 2 N–H and O–H groups in total. The van der Waals surface area contributed by atoms with E-state index >= 15 is 0 Å². The van der Waals surface area contributed by atoms with Crippen LogP contribution in [0.15, 0.2) is 60.7 Å². The van der Waals surface area contributed by atoms with Gasteiger partial charge in [0.1, 0.15) is 5.82 Å². The van der Waals surface area contributed by atoms with E-state index in [0.29, 0.717) is 5.69 Å². The Kier molecular flexibility index (Phi) is 5.55. The molecule has 0 aliphatic heterocycles. The molecule has 3 aromatic rings. The van der Waals surface area contributed by atoms with Gasteiger partial charge in [0.2, 0.25) is 5.91 Å². The zero-order valence-corrected chi connectivity index (χ0v) is 15.3. The minimum Gasteiger partial charge on any atom is -0.323 e. The molecule has 0 aromatic heterocycles. The molecular weight excluding hydrogens is 351 g/mol. The van der Waals surface area contributed by atoms with Gasteiger partial charge in [0.15, 0.2) is 0 Å². The Morgan fingerprint density at radius 3 is 2.46 bits per heavy atom. The first-order chi connectivity index (χ1) is 12.4. The highest BCUT2D eigenvalue weighted by molar-refractivity contribution is 6.33. The van der Waals surface area contributed by atoms with Crippen molar-refractivity contribution in [2.45, 2.75) is 25.9 Å². The molecule has 0 aliphatic rings. The second kappa shape index (κ2) is 7.85. The van der Waals surface area contributed by atoms with E-state index in [1.807, 2.05) is 19.1 Å². The molecule has 0 spiro atoms. The van der Waals surface area contributed by atoms with Gasteiger partial charge in [-0.1, -0.05) is 48.0 Å². The van der Waals surface area contributed by atoms with Crippen molar-refractivity contribution >= 4 is 34.0 Å². The molecule has 1 amide bonds. The molecule has 3 nitrogen and oxygen atoms in total. The van der Waals surface area contributed by atoms with Gasteiger partial charge in [-0.25, -0.2) is 4.39 Å². The number of nitrogens with one attached hydrogen (secondary N) is 2. The summed E-state index contributed by atoms with van der Waals surface area (Å²) in [5, 5.41) is 8.52. The largest absolute Gasteiger partial charge is 0.323 e. The summed E-state index contributed by atoms with van der Waals surface area (Å²) in [6, 6.07) is 17.8. The first kappa shape index (κ1) is 18.4. The number of hydrogen-bond acceptors (Lipinski definition) is 2. The topological polar surface area (TPSA) is 41.1 Å². The van der Waals surface area contributed by atoms with Crippen LogP contribution in [0.3, 0.4) is 0 Å². The van der Waals surface area contributed by atoms with Crippen LogP contribution in [-0.2, 0) is 4.79 Å². The van der Waals surface area contributed by atoms with Crippen LogP contribution in [0.2, 0.25) is 5.02 Å². The molecule has 0 saturated carbocycles. The smallest absolute Gasteiger partial charge is 0.241 e. The summed E-state index contributed by atoms with van der Waals surface area (Å²) in [7, 11) is 0. The number of carbonyl (C=O) groups excluding carboxylic acids is 1. The molecular formula is C21H20ClFN2O. The highest BCUT2D eigenvalue weighted by Gasteiger charge is 2.17. The number of hydrogen-bond donors (Lipinski definition) is 2. The van der Waals surface area contributed by atoms with E-state index in [1.165, 1.54) is 23.6 Å². The van der Waals surface area contributed by atoms with Crippen molar-refractivity contribution in [3.63, 3.8) is 0 Å². The Morgan fingerprint density at radius 1 is 1.00 bits per heavy atom. The number of rotatable bonds is 5. The Morgan fingerprint density at radius 2 is 1.73 bits per heavy atom. The maximum atomic E-state index is 13.1. The van der Waals surface area contributed by atoms with Crippen LogP contribution in [-0.4, -0.2) is 11.9 Å². The molecule has 0 saturated heterocycles. The fourth-order valence-corrected chi connectivity index (χ4v) is 3.07. The molecule has 3 aromatic carbocycles. The molecule has 5 heteroatoms. The summed E-state index contributed by atoms with van der Waals surface area (Å²) < 4.78 is 13.1. The van der Waals surface area contributed by atoms with Crippen LogP contribution in [0, 0.1) is 5.82 Å². The van der Waals surface area contributed by atoms with Crippen molar-refractivity contribution in [2.24, 2.45) is 0 Å². The Labute approximate surface area is 157 Å². The highest BCUT2D eigenvalue weighted by Crippen LogP contribution is 2.23. The van der Waals surface area contributed by atoms with Crippen LogP contribution in [0.1, 0.15) is 25.5 Å². The first-order valence-corrected chi connectivity index (χ1v) is 8.82. The number of halogens is 2. The lowest BCUT2D eigenvalue weighted by atomic mass is 10.0. The minimum atomic E-state index is -0.447. The zero-order valence-electron chi connectivity index (χ0n) is 14.6. The van der Waals surface area contributed by atoms with E-state index in [-0.39, 0.29) is 17.0 Å². The lowest BCUT2D eigenvalue weighted by Crippen LogP contribution is -2.39. The summed E-state index contributed by atoms with van der Waals surface area (Å²) in [5.74, 6) is -0.671. The zero-order chi connectivity index (χ0) is 18.7.